The summed E-state index contributed by atoms with van der Waals surface area (Å²) in [4.78, 5) is 18.8. The Morgan fingerprint density at radius 1 is 1.17 bits per heavy atom. The highest BCUT2D eigenvalue weighted by molar-refractivity contribution is 5.45. The molecule has 3 aromatic heterocycles. The zero-order valence-corrected chi connectivity index (χ0v) is 12.9. The van der Waals surface area contributed by atoms with Gasteiger partial charge in [0.2, 0.25) is 11.7 Å². The van der Waals surface area contributed by atoms with E-state index < -0.39 is 6.10 Å². The third-order valence-electron chi connectivity index (χ3n) is 4.04. The third kappa shape index (κ3) is 3.01. The van der Waals surface area contributed by atoms with E-state index in [9.17, 15) is 5.11 Å². The molecule has 1 fully saturated rings. The van der Waals surface area contributed by atoms with Crippen LogP contribution in [0.15, 0.2) is 47.6 Å². The average Bonchev–Trinajstić information content (AvgIpc) is 3.23. The van der Waals surface area contributed by atoms with E-state index in [1.807, 2.05) is 12.1 Å². The van der Waals surface area contributed by atoms with E-state index in [-0.39, 0.29) is 6.04 Å². The number of aliphatic hydroxyl groups is 1. The van der Waals surface area contributed by atoms with Gasteiger partial charge in [-0.2, -0.15) is 4.98 Å². The summed E-state index contributed by atoms with van der Waals surface area (Å²) in [6, 6.07) is 3.80. The van der Waals surface area contributed by atoms with Crippen LogP contribution in [0.2, 0.25) is 0 Å². The zero-order valence-electron chi connectivity index (χ0n) is 12.9. The molecule has 4 rings (SSSR count). The molecule has 4 heterocycles. The summed E-state index contributed by atoms with van der Waals surface area (Å²) < 4.78 is 5.43. The Kier molecular flexibility index (Phi) is 3.97. The van der Waals surface area contributed by atoms with E-state index in [1.165, 1.54) is 0 Å². The van der Waals surface area contributed by atoms with Crippen molar-refractivity contribution in [1.82, 2.24) is 30.0 Å². The van der Waals surface area contributed by atoms with Crippen LogP contribution in [0.1, 0.15) is 23.9 Å². The van der Waals surface area contributed by atoms with Crippen LogP contribution in [0.5, 0.6) is 0 Å². The Bertz CT molecular complexity index is 795. The summed E-state index contributed by atoms with van der Waals surface area (Å²) in [5, 5.41) is 14.1. The standard InChI is InChI=1S/C16H16N6O2/c23-12-7-14(22(10-12)9-11-1-3-17-4-2-11)16-20-15(21-24-16)13-8-18-5-6-19-13/h1-6,8,12,14,23H,7,9-10H2/t12-,14+/m1/s1. The Balaban J connectivity index is 1.57. The summed E-state index contributed by atoms with van der Waals surface area (Å²) in [5.41, 5.74) is 1.68. The largest absolute Gasteiger partial charge is 0.392 e. The van der Waals surface area contributed by atoms with Gasteiger partial charge in [-0.05, 0) is 24.1 Å². The fourth-order valence-corrected chi connectivity index (χ4v) is 2.92. The molecule has 0 aromatic carbocycles. The molecule has 1 saturated heterocycles. The number of β-amino-alcohol motifs (C(OH)–C–C–N with tert-alkyl or cyclic N) is 1. The Morgan fingerprint density at radius 3 is 2.83 bits per heavy atom. The van der Waals surface area contributed by atoms with Crippen LogP contribution in [0.4, 0.5) is 0 Å². The molecule has 0 spiro atoms. The second-order valence-corrected chi connectivity index (χ2v) is 5.74. The maximum atomic E-state index is 10.1. The molecule has 1 aliphatic heterocycles. The molecular formula is C16H16N6O2. The second kappa shape index (κ2) is 6.42. The fraction of sp³-hybridized carbons (Fsp3) is 0.312. The number of pyridine rings is 1. The van der Waals surface area contributed by atoms with Gasteiger partial charge in [0.05, 0.1) is 18.3 Å². The van der Waals surface area contributed by atoms with Crippen LogP contribution in [0.3, 0.4) is 0 Å². The minimum atomic E-state index is -0.413. The quantitative estimate of drug-likeness (QED) is 0.764. The molecule has 1 aliphatic rings. The Hall–Kier alpha value is -2.71. The average molecular weight is 324 g/mol. The molecule has 24 heavy (non-hydrogen) atoms. The summed E-state index contributed by atoms with van der Waals surface area (Å²) in [5.74, 6) is 0.893. The predicted molar refractivity (Wildman–Crippen MR) is 83.3 cm³/mol. The lowest BCUT2D eigenvalue weighted by Gasteiger charge is -2.20. The minimum absolute atomic E-state index is 0.119. The predicted octanol–water partition coefficient (Wildman–Crippen LogP) is 1.23. The van der Waals surface area contributed by atoms with Gasteiger partial charge in [-0.25, -0.2) is 4.98 Å². The number of rotatable bonds is 4. The van der Waals surface area contributed by atoms with Crippen molar-refractivity contribution >= 4 is 0 Å². The van der Waals surface area contributed by atoms with Crippen molar-refractivity contribution < 1.29 is 9.63 Å². The van der Waals surface area contributed by atoms with E-state index in [0.29, 0.717) is 36.9 Å². The van der Waals surface area contributed by atoms with Crippen LogP contribution in [0, 0.1) is 0 Å². The van der Waals surface area contributed by atoms with Gasteiger partial charge in [0.25, 0.3) is 0 Å². The Labute approximate surface area is 138 Å². The molecule has 1 N–H and O–H groups in total. The van der Waals surface area contributed by atoms with Gasteiger partial charge in [0.15, 0.2) is 0 Å². The van der Waals surface area contributed by atoms with Crippen molar-refractivity contribution in [2.75, 3.05) is 6.54 Å². The highest BCUT2D eigenvalue weighted by atomic mass is 16.5. The van der Waals surface area contributed by atoms with Crippen LogP contribution in [-0.2, 0) is 6.54 Å². The molecule has 0 bridgehead atoms. The first kappa shape index (κ1) is 14.9. The van der Waals surface area contributed by atoms with Crippen molar-refractivity contribution in [3.63, 3.8) is 0 Å². The molecule has 122 valence electrons. The van der Waals surface area contributed by atoms with Gasteiger partial charge >= 0.3 is 0 Å². The number of hydrogen-bond donors (Lipinski definition) is 1. The number of likely N-dealkylation sites (tertiary alicyclic amines) is 1. The molecule has 8 nitrogen and oxygen atoms in total. The van der Waals surface area contributed by atoms with E-state index in [1.54, 1.807) is 31.0 Å². The van der Waals surface area contributed by atoms with E-state index in [2.05, 4.69) is 30.0 Å². The molecule has 0 radical (unpaired) electrons. The number of hydrogen-bond acceptors (Lipinski definition) is 8. The van der Waals surface area contributed by atoms with Gasteiger partial charge in [0.1, 0.15) is 5.69 Å². The smallest absolute Gasteiger partial charge is 0.244 e. The fourth-order valence-electron chi connectivity index (χ4n) is 2.92. The molecule has 3 aromatic rings. The summed E-state index contributed by atoms with van der Waals surface area (Å²) in [7, 11) is 0. The van der Waals surface area contributed by atoms with Crippen molar-refractivity contribution in [2.24, 2.45) is 0 Å². The summed E-state index contributed by atoms with van der Waals surface area (Å²) in [6.07, 6.45) is 8.43. The summed E-state index contributed by atoms with van der Waals surface area (Å²) in [6.45, 7) is 1.25. The number of nitrogens with zero attached hydrogens (tertiary/aromatic N) is 6. The highest BCUT2D eigenvalue weighted by Gasteiger charge is 2.36. The Morgan fingerprint density at radius 2 is 2.04 bits per heavy atom. The van der Waals surface area contributed by atoms with Gasteiger partial charge in [-0.3, -0.25) is 14.9 Å². The first-order chi connectivity index (χ1) is 11.8. The number of aliphatic hydroxyl groups excluding tert-OH is 1. The molecule has 8 heteroatoms. The van der Waals surface area contributed by atoms with E-state index >= 15 is 0 Å². The highest BCUT2D eigenvalue weighted by Crippen LogP contribution is 2.33. The molecule has 0 aliphatic carbocycles. The van der Waals surface area contributed by atoms with Crippen LogP contribution < -0.4 is 0 Å². The first-order valence-electron chi connectivity index (χ1n) is 7.70. The summed E-state index contributed by atoms with van der Waals surface area (Å²) >= 11 is 0. The molecule has 2 atom stereocenters. The van der Waals surface area contributed by atoms with Gasteiger partial charge < -0.3 is 9.63 Å². The normalized spacial score (nSPS) is 21.2. The number of aromatic nitrogens is 5. The zero-order chi connectivity index (χ0) is 16.4. The molecular weight excluding hydrogens is 308 g/mol. The SMILES string of the molecule is O[C@@H]1C[C@@H](c2nc(-c3cnccn3)no2)N(Cc2ccncc2)C1. The van der Waals surface area contributed by atoms with Crippen LogP contribution >= 0.6 is 0 Å². The lowest BCUT2D eigenvalue weighted by atomic mass is 10.2. The first-order valence-corrected chi connectivity index (χ1v) is 7.70. The monoisotopic (exact) mass is 324 g/mol. The van der Waals surface area contributed by atoms with E-state index in [4.69, 9.17) is 4.52 Å². The third-order valence-corrected chi connectivity index (χ3v) is 4.04. The van der Waals surface area contributed by atoms with E-state index in [0.717, 1.165) is 5.56 Å². The minimum Gasteiger partial charge on any atom is -0.392 e. The molecule has 0 amide bonds. The maximum absolute atomic E-state index is 10.1. The van der Waals surface area contributed by atoms with Crippen molar-refractivity contribution in [3.05, 3.63) is 54.6 Å². The van der Waals surface area contributed by atoms with Crippen LogP contribution in [-0.4, -0.2) is 47.7 Å². The van der Waals surface area contributed by atoms with Crippen molar-refractivity contribution in [3.8, 4) is 11.5 Å². The second-order valence-electron chi connectivity index (χ2n) is 5.74. The van der Waals surface area contributed by atoms with Crippen molar-refractivity contribution in [2.45, 2.75) is 25.1 Å². The van der Waals surface area contributed by atoms with Crippen LogP contribution in [0.25, 0.3) is 11.5 Å². The van der Waals surface area contributed by atoms with Gasteiger partial charge in [-0.15, -0.1) is 0 Å². The lowest BCUT2D eigenvalue weighted by molar-refractivity contribution is 0.169. The maximum Gasteiger partial charge on any atom is 0.244 e. The lowest BCUT2D eigenvalue weighted by Crippen LogP contribution is -2.24. The topological polar surface area (TPSA) is 101 Å². The van der Waals surface area contributed by atoms with Gasteiger partial charge in [0, 0.05) is 37.9 Å². The van der Waals surface area contributed by atoms with Crippen molar-refractivity contribution in [1.29, 1.82) is 0 Å². The molecule has 0 saturated carbocycles. The molecule has 0 unspecified atom stereocenters. The van der Waals surface area contributed by atoms with Gasteiger partial charge in [-0.1, -0.05) is 5.16 Å².